The van der Waals surface area contributed by atoms with Crippen LogP contribution in [0.3, 0.4) is 0 Å². The van der Waals surface area contributed by atoms with Gasteiger partial charge in [0, 0.05) is 5.69 Å². The van der Waals surface area contributed by atoms with E-state index in [0.717, 1.165) is 4.68 Å². The summed E-state index contributed by atoms with van der Waals surface area (Å²) < 4.78 is 12.1. The van der Waals surface area contributed by atoms with Crippen molar-refractivity contribution in [2.75, 3.05) is 11.9 Å². The van der Waals surface area contributed by atoms with E-state index in [2.05, 4.69) is 15.4 Å². The van der Waals surface area contributed by atoms with Gasteiger partial charge in [-0.25, -0.2) is 14.5 Å². The molecular weight excluding hydrogens is 420 g/mol. The minimum atomic E-state index is -0.456. The topological polar surface area (TPSA) is 116 Å². The first-order chi connectivity index (χ1) is 15.0. The van der Waals surface area contributed by atoms with Crippen molar-refractivity contribution in [2.24, 2.45) is 0 Å². The highest BCUT2D eigenvalue weighted by Gasteiger charge is 2.19. The molecular formula is C21H18N4O5S. The van der Waals surface area contributed by atoms with Crippen LogP contribution in [0.5, 0.6) is 0 Å². The van der Waals surface area contributed by atoms with Crippen LogP contribution < -0.4 is 10.9 Å². The lowest BCUT2D eigenvalue weighted by molar-refractivity contribution is -0.117. The number of fused-ring (bicyclic) bond motifs is 1. The fourth-order valence-electron chi connectivity index (χ4n) is 2.99. The Labute approximate surface area is 180 Å². The lowest BCUT2D eigenvalue weighted by Crippen LogP contribution is -2.30. The maximum Gasteiger partial charge on any atom is 0.338 e. The highest BCUT2D eigenvalue weighted by Crippen LogP contribution is 2.29. The fraction of sp³-hybridized carbons (Fsp3) is 0.190. The Kier molecular flexibility index (Phi) is 5.63. The van der Waals surface area contributed by atoms with Gasteiger partial charge in [-0.15, -0.1) is 11.3 Å². The summed E-state index contributed by atoms with van der Waals surface area (Å²) in [5.41, 5.74) is 1.10. The second-order valence-electron chi connectivity index (χ2n) is 6.55. The van der Waals surface area contributed by atoms with Crippen molar-refractivity contribution in [1.82, 2.24) is 14.8 Å². The second-order valence-corrected chi connectivity index (χ2v) is 7.75. The molecule has 10 heteroatoms. The minimum absolute atomic E-state index is 0.246. The number of aryl methyl sites for hydroxylation is 1. The van der Waals surface area contributed by atoms with Gasteiger partial charge in [0.1, 0.15) is 12.2 Å². The predicted molar refractivity (Wildman–Crippen MR) is 115 cm³/mol. The molecule has 0 aliphatic carbocycles. The van der Waals surface area contributed by atoms with Crippen molar-refractivity contribution in [2.45, 2.75) is 20.4 Å². The van der Waals surface area contributed by atoms with Crippen LogP contribution in [-0.4, -0.2) is 33.2 Å². The standard InChI is InChI=1S/C21H18N4O5S/c1-3-29-21(28)13-6-8-14(9-7-13)23-16(26)11-25-20(27)18-19(31-12(2)22-18)17(24-25)15-5-4-10-30-15/h4-10H,3,11H2,1-2H3,(H,23,26). The number of aromatic nitrogens is 3. The number of amides is 1. The molecule has 0 saturated heterocycles. The predicted octanol–water partition coefficient (Wildman–Crippen LogP) is 3.24. The molecule has 0 bridgehead atoms. The first-order valence-electron chi connectivity index (χ1n) is 9.45. The van der Waals surface area contributed by atoms with Crippen LogP contribution in [0, 0.1) is 6.92 Å². The molecule has 3 aromatic heterocycles. The molecule has 1 N–H and O–H groups in total. The quantitative estimate of drug-likeness (QED) is 0.459. The van der Waals surface area contributed by atoms with Crippen LogP contribution in [0.4, 0.5) is 5.69 Å². The van der Waals surface area contributed by atoms with Gasteiger partial charge in [0.15, 0.2) is 11.3 Å². The van der Waals surface area contributed by atoms with Crippen molar-refractivity contribution in [3.05, 3.63) is 63.6 Å². The number of hydrogen-bond donors (Lipinski definition) is 1. The Bertz CT molecular complexity index is 1310. The van der Waals surface area contributed by atoms with E-state index in [1.165, 1.54) is 17.6 Å². The molecule has 0 aliphatic heterocycles. The number of furan rings is 1. The van der Waals surface area contributed by atoms with Crippen molar-refractivity contribution in [3.8, 4) is 11.5 Å². The number of thiazole rings is 1. The molecule has 0 unspecified atom stereocenters. The molecule has 1 amide bonds. The van der Waals surface area contributed by atoms with Crippen LogP contribution in [0.1, 0.15) is 22.3 Å². The number of anilines is 1. The summed E-state index contributed by atoms with van der Waals surface area (Å²) in [5, 5.41) is 7.76. The van der Waals surface area contributed by atoms with Gasteiger partial charge in [0.2, 0.25) is 5.91 Å². The Morgan fingerprint density at radius 1 is 1.23 bits per heavy atom. The maximum absolute atomic E-state index is 12.8. The van der Waals surface area contributed by atoms with Crippen molar-refractivity contribution in [3.63, 3.8) is 0 Å². The number of carbonyl (C=O) groups excluding carboxylic acids is 2. The van der Waals surface area contributed by atoms with Crippen LogP contribution in [0.2, 0.25) is 0 Å². The summed E-state index contributed by atoms with van der Waals surface area (Å²) in [6, 6.07) is 9.73. The van der Waals surface area contributed by atoms with Gasteiger partial charge in [-0.3, -0.25) is 9.59 Å². The van der Waals surface area contributed by atoms with Crippen molar-refractivity contribution < 1.29 is 18.7 Å². The molecule has 9 nitrogen and oxygen atoms in total. The molecule has 158 valence electrons. The third kappa shape index (κ3) is 4.24. The number of carbonyl (C=O) groups is 2. The smallest absolute Gasteiger partial charge is 0.338 e. The SMILES string of the molecule is CCOC(=O)c1ccc(NC(=O)Cn2nc(-c3ccco3)c3sc(C)nc3c2=O)cc1. The zero-order valence-corrected chi connectivity index (χ0v) is 17.6. The molecule has 0 radical (unpaired) electrons. The molecule has 0 aliphatic rings. The molecule has 0 atom stereocenters. The third-order valence-corrected chi connectivity index (χ3v) is 5.31. The summed E-state index contributed by atoms with van der Waals surface area (Å²) >= 11 is 1.34. The summed E-state index contributed by atoms with van der Waals surface area (Å²) in [7, 11) is 0. The summed E-state index contributed by atoms with van der Waals surface area (Å²) in [5.74, 6) is -0.402. The average Bonchev–Trinajstić information content (AvgIpc) is 3.41. The second kappa shape index (κ2) is 8.52. The van der Waals surface area contributed by atoms with Crippen molar-refractivity contribution >= 4 is 39.1 Å². The first-order valence-corrected chi connectivity index (χ1v) is 10.3. The van der Waals surface area contributed by atoms with Gasteiger partial charge in [-0.2, -0.15) is 5.10 Å². The molecule has 1 aromatic carbocycles. The molecule has 0 saturated carbocycles. The molecule has 3 heterocycles. The number of nitrogens with zero attached hydrogens (tertiary/aromatic N) is 3. The van der Waals surface area contributed by atoms with Gasteiger partial charge in [0.25, 0.3) is 5.56 Å². The van der Waals surface area contributed by atoms with Crippen LogP contribution in [0.15, 0.2) is 51.9 Å². The Morgan fingerprint density at radius 3 is 2.68 bits per heavy atom. The Balaban J connectivity index is 1.58. The number of esters is 1. The zero-order chi connectivity index (χ0) is 22.0. The monoisotopic (exact) mass is 438 g/mol. The average molecular weight is 438 g/mol. The van der Waals surface area contributed by atoms with E-state index in [9.17, 15) is 14.4 Å². The molecule has 4 aromatic rings. The molecule has 0 spiro atoms. The summed E-state index contributed by atoms with van der Waals surface area (Å²) in [6.07, 6.45) is 1.51. The number of ether oxygens (including phenoxy) is 1. The molecule has 0 fully saturated rings. The number of hydrogen-bond acceptors (Lipinski definition) is 8. The number of nitrogens with one attached hydrogen (secondary N) is 1. The van der Waals surface area contributed by atoms with Crippen LogP contribution in [-0.2, 0) is 16.1 Å². The Hall–Kier alpha value is -3.79. The zero-order valence-electron chi connectivity index (χ0n) is 16.7. The fourth-order valence-corrected chi connectivity index (χ4v) is 3.89. The van der Waals surface area contributed by atoms with Gasteiger partial charge >= 0.3 is 5.97 Å². The first kappa shape index (κ1) is 20.5. The number of benzene rings is 1. The molecule has 31 heavy (non-hydrogen) atoms. The van der Waals surface area contributed by atoms with Crippen LogP contribution >= 0.6 is 11.3 Å². The highest BCUT2D eigenvalue weighted by atomic mass is 32.1. The van der Waals surface area contributed by atoms with E-state index in [-0.39, 0.29) is 18.7 Å². The summed E-state index contributed by atoms with van der Waals surface area (Å²) in [6.45, 7) is 3.50. The van der Waals surface area contributed by atoms with E-state index in [1.807, 2.05) is 0 Å². The van der Waals surface area contributed by atoms with E-state index in [1.54, 1.807) is 50.2 Å². The number of rotatable bonds is 6. The Morgan fingerprint density at radius 2 is 2.00 bits per heavy atom. The van der Waals surface area contributed by atoms with Gasteiger partial charge < -0.3 is 14.5 Å². The maximum atomic E-state index is 12.8. The third-order valence-electron chi connectivity index (χ3n) is 4.33. The van der Waals surface area contributed by atoms with Crippen molar-refractivity contribution in [1.29, 1.82) is 0 Å². The normalized spacial score (nSPS) is 10.9. The lowest BCUT2D eigenvalue weighted by Gasteiger charge is -2.09. The highest BCUT2D eigenvalue weighted by molar-refractivity contribution is 7.19. The molecule has 4 rings (SSSR count). The van der Waals surface area contributed by atoms with Gasteiger partial charge in [-0.05, 0) is 50.2 Å². The minimum Gasteiger partial charge on any atom is -0.463 e. The largest absolute Gasteiger partial charge is 0.463 e. The van der Waals surface area contributed by atoms with E-state index in [4.69, 9.17) is 9.15 Å². The van der Waals surface area contributed by atoms with Gasteiger partial charge in [0.05, 0.1) is 28.1 Å². The van der Waals surface area contributed by atoms with E-state index in [0.29, 0.717) is 32.4 Å². The summed E-state index contributed by atoms with van der Waals surface area (Å²) in [4.78, 5) is 41.4. The van der Waals surface area contributed by atoms with E-state index >= 15 is 0 Å². The van der Waals surface area contributed by atoms with Gasteiger partial charge in [-0.1, -0.05) is 0 Å². The lowest BCUT2D eigenvalue weighted by atomic mass is 10.2. The van der Waals surface area contributed by atoms with E-state index < -0.39 is 17.4 Å². The van der Waals surface area contributed by atoms with Crippen LogP contribution in [0.25, 0.3) is 21.7 Å².